The zero-order valence-electron chi connectivity index (χ0n) is 13.7. The van der Waals surface area contributed by atoms with Crippen molar-refractivity contribution in [2.45, 2.75) is 57.4 Å². The van der Waals surface area contributed by atoms with Crippen molar-refractivity contribution in [3.63, 3.8) is 0 Å². The molecule has 2 aliphatic rings. The van der Waals surface area contributed by atoms with E-state index in [1.165, 1.54) is 20.0 Å². The third-order valence-electron chi connectivity index (χ3n) is 5.06. The molecular weight excluding hydrogens is 304 g/mol. The monoisotopic (exact) mass is 332 g/mol. The van der Waals surface area contributed by atoms with E-state index < -0.39 is 5.54 Å². The summed E-state index contributed by atoms with van der Waals surface area (Å²) in [6.07, 6.45) is 6.20. The van der Waals surface area contributed by atoms with Crippen molar-refractivity contribution in [1.29, 1.82) is 0 Å². The number of carbonyl (C=O) groups is 2. The molecule has 0 bridgehead atoms. The summed E-state index contributed by atoms with van der Waals surface area (Å²) >= 11 is 0. The Morgan fingerprint density at radius 1 is 1.32 bits per heavy atom. The van der Waals surface area contributed by atoms with Crippen LogP contribution < -0.4 is 10.6 Å². The normalized spacial score (nSPS) is 24.9. The van der Waals surface area contributed by atoms with Gasteiger partial charge in [-0.1, -0.05) is 19.8 Å². The Hall–Kier alpha value is -0.810. The first-order valence-corrected chi connectivity index (χ1v) is 8.17. The average molecular weight is 333 g/mol. The maximum Gasteiger partial charge on any atom is 0.331 e. The largest absolute Gasteiger partial charge is 0.467 e. The van der Waals surface area contributed by atoms with Gasteiger partial charge in [0, 0.05) is 6.42 Å². The molecule has 128 valence electrons. The van der Waals surface area contributed by atoms with E-state index in [1.54, 1.807) is 0 Å². The zero-order valence-corrected chi connectivity index (χ0v) is 14.5. The summed E-state index contributed by atoms with van der Waals surface area (Å²) in [5, 5.41) is 6.37. The quantitative estimate of drug-likeness (QED) is 0.756. The summed E-state index contributed by atoms with van der Waals surface area (Å²) in [5.41, 5.74) is -0.767. The molecule has 1 saturated carbocycles. The molecule has 5 nitrogen and oxygen atoms in total. The minimum Gasteiger partial charge on any atom is -0.467 e. The van der Waals surface area contributed by atoms with Gasteiger partial charge in [-0.05, 0) is 50.6 Å². The Kier molecular flexibility index (Phi) is 7.63. The summed E-state index contributed by atoms with van der Waals surface area (Å²) < 4.78 is 4.90. The topological polar surface area (TPSA) is 67.4 Å². The van der Waals surface area contributed by atoms with Gasteiger partial charge in [0.2, 0.25) is 5.91 Å². The van der Waals surface area contributed by atoms with Crippen LogP contribution in [0.15, 0.2) is 0 Å². The first-order valence-electron chi connectivity index (χ1n) is 8.17. The molecule has 2 fully saturated rings. The number of esters is 1. The van der Waals surface area contributed by atoms with Gasteiger partial charge in [-0.2, -0.15) is 0 Å². The van der Waals surface area contributed by atoms with Crippen LogP contribution in [-0.4, -0.2) is 37.6 Å². The van der Waals surface area contributed by atoms with E-state index >= 15 is 0 Å². The van der Waals surface area contributed by atoms with Crippen LogP contribution in [0.2, 0.25) is 0 Å². The maximum absolute atomic E-state index is 12.3. The van der Waals surface area contributed by atoms with Crippen LogP contribution in [0.5, 0.6) is 0 Å². The van der Waals surface area contributed by atoms with Crippen molar-refractivity contribution in [1.82, 2.24) is 10.6 Å². The first-order chi connectivity index (χ1) is 10.1. The van der Waals surface area contributed by atoms with Crippen LogP contribution in [0.25, 0.3) is 0 Å². The molecule has 22 heavy (non-hydrogen) atoms. The molecule has 0 aromatic heterocycles. The number of halogens is 1. The third-order valence-corrected chi connectivity index (χ3v) is 5.06. The summed E-state index contributed by atoms with van der Waals surface area (Å²) in [6.45, 7) is 4.22. The molecule has 0 radical (unpaired) electrons. The van der Waals surface area contributed by atoms with Gasteiger partial charge in [0.1, 0.15) is 5.54 Å². The number of hydrogen-bond acceptors (Lipinski definition) is 4. The molecule has 2 atom stereocenters. The van der Waals surface area contributed by atoms with Crippen LogP contribution in [0.1, 0.15) is 51.9 Å². The molecule has 1 amide bonds. The predicted molar refractivity (Wildman–Crippen MR) is 88.0 cm³/mol. The fraction of sp³-hybridized carbons (Fsp3) is 0.875. The van der Waals surface area contributed by atoms with Crippen molar-refractivity contribution in [3.8, 4) is 0 Å². The van der Waals surface area contributed by atoms with Crippen molar-refractivity contribution in [2.75, 3.05) is 20.2 Å². The van der Waals surface area contributed by atoms with Crippen molar-refractivity contribution in [2.24, 2.45) is 11.8 Å². The van der Waals surface area contributed by atoms with E-state index in [0.717, 1.165) is 25.9 Å². The highest BCUT2D eigenvalue weighted by molar-refractivity contribution is 5.88. The Morgan fingerprint density at radius 2 is 2.00 bits per heavy atom. The molecule has 2 unspecified atom stereocenters. The molecule has 0 aromatic rings. The molecule has 1 aliphatic carbocycles. The van der Waals surface area contributed by atoms with Crippen LogP contribution in [0.4, 0.5) is 0 Å². The molecule has 6 heteroatoms. The molecule has 1 heterocycles. The highest BCUT2D eigenvalue weighted by Crippen LogP contribution is 2.31. The van der Waals surface area contributed by atoms with Gasteiger partial charge in [0.25, 0.3) is 0 Å². The average Bonchev–Trinajstić information content (AvgIpc) is 2.96. The number of nitrogens with one attached hydrogen (secondary N) is 2. The molecular formula is C16H29ClN2O3. The van der Waals surface area contributed by atoms with Gasteiger partial charge in [0.15, 0.2) is 0 Å². The second-order valence-corrected chi connectivity index (χ2v) is 6.62. The van der Waals surface area contributed by atoms with Crippen LogP contribution in [-0.2, 0) is 14.3 Å². The molecule has 0 aromatic carbocycles. The Morgan fingerprint density at radius 3 is 2.55 bits per heavy atom. The van der Waals surface area contributed by atoms with Gasteiger partial charge >= 0.3 is 5.97 Å². The molecule has 0 spiro atoms. The molecule has 2 rings (SSSR count). The standard InChI is InChI=1S/C16H28N2O3.ClH/c1-12(13-6-5-9-17-11-13)10-14(19)18-16(15(20)21-2)7-3-4-8-16;/h12-13,17H,3-11H2,1-2H3,(H,18,19);1H. The lowest BCUT2D eigenvalue weighted by Crippen LogP contribution is -2.53. The highest BCUT2D eigenvalue weighted by Gasteiger charge is 2.43. The summed E-state index contributed by atoms with van der Waals surface area (Å²) in [4.78, 5) is 24.4. The van der Waals surface area contributed by atoms with E-state index in [1.807, 2.05) is 0 Å². The molecule has 2 N–H and O–H groups in total. The summed E-state index contributed by atoms with van der Waals surface area (Å²) in [6, 6.07) is 0. The minimum absolute atomic E-state index is 0. The number of carbonyl (C=O) groups excluding carboxylic acids is 2. The minimum atomic E-state index is -0.767. The molecule has 1 saturated heterocycles. The number of hydrogen-bond donors (Lipinski definition) is 2. The van der Waals surface area contributed by atoms with Crippen molar-refractivity contribution < 1.29 is 14.3 Å². The number of piperidine rings is 1. The number of methoxy groups -OCH3 is 1. The number of ether oxygens (including phenoxy) is 1. The van der Waals surface area contributed by atoms with Gasteiger partial charge in [0.05, 0.1) is 7.11 Å². The molecule has 1 aliphatic heterocycles. The predicted octanol–water partition coefficient (Wildman–Crippen LogP) is 2.04. The maximum atomic E-state index is 12.3. The van der Waals surface area contributed by atoms with Crippen molar-refractivity contribution >= 4 is 24.3 Å². The highest BCUT2D eigenvalue weighted by atomic mass is 35.5. The third kappa shape index (κ3) is 4.59. The Bertz CT molecular complexity index is 378. The van der Waals surface area contributed by atoms with E-state index in [4.69, 9.17) is 4.74 Å². The van der Waals surface area contributed by atoms with Crippen LogP contribution >= 0.6 is 12.4 Å². The SMILES string of the molecule is COC(=O)C1(NC(=O)CC(C)C2CCCNC2)CCCC1.Cl. The summed E-state index contributed by atoms with van der Waals surface area (Å²) in [5.74, 6) is 0.594. The van der Waals surface area contributed by atoms with Crippen LogP contribution in [0.3, 0.4) is 0 Å². The first kappa shape index (κ1) is 19.2. The van der Waals surface area contributed by atoms with Crippen LogP contribution in [0, 0.1) is 11.8 Å². The van der Waals surface area contributed by atoms with E-state index in [-0.39, 0.29) is 24.3 Å². The van der Waals surface area contributed by atoms with Gasteiger partial charge < -0.3 is 15.4 Å². The second-order valence-electron chi connectivity index (χ2n) is 6.62. The van der Waals surface area contributed by atoms with Gasteiger partial charge in [-0.25, -0.2) is 4.79 Å². The van der Waals surface area contributed by atoms with Crippen molar-refractivity contribution in [3.05, 3.63) is 0 Å². The Balaban J connectivity index is 0.00000242. The lowest BCUT2D eigenvalue weighted by atomic mass is 9.85. The number of amides is 1. The number of rotatable bonds is 5. The van der Waals surface area contributed by atoms with E-state index in [2.05, 4.69) is 17.6 Å². The smallest absolute Gasteiger partial charge is 0.331 e. The van der Waals surface area contributed by atoms with Gasteiger partial charge in [-0.15, -0.1) is 12.4 Å². The Labute approximate surface area is 139 Å². The summed E-state index contributed by atoms with van der Waals surface area (Å²) in [7, 11) is 1.39. The fourth-order valence-electron chi connectivity index (χ4n) is 3.70. The zero-order chi connectivity index (χ0) is 15.3. The van der Waals surface area contributed by atoms with E-state index in [9.17, 15) is 9.59 Å². The lowest BCUT2D eigenvalue weighted by Gasteiger charge is -2.30. The second kappa shape index (κ2) is 8.73. The lowest BCUT2D eigenvalue weighted by molar-refractivity contribution is -0.151. The van der Waals surface area contributed by atoms with E-state index in [0.29, 0.717) is 31.1 Å². The fourth-order valence-corrected chi connectivity index (χ4v) is 3.70. The van der Waals surface area contributed by atoms with Gasteiger partial charge in [-0.3, -0.25) is 4.79 Å².